The molecule has 34 heavy (non-hydrogen) atoms. The Morgan fingerprint density at radius 2 is 1.82 bits per heavy atom. The van der Waals surface area contributed by atoms with Crippen molar-refractivity contribution in [1.82, 2.24) is 15.0 Å². The lowest BCUT2D eigenvalue weighted by Gasteiger charge is -2.06. The van der Waals surface area contributed by atoms with Crippen molar-refractivity contribution in [2.75, 3.05) is 6.61 Å². The Hall–Kier alpha value is -4.50. The highest BCUT2D eigenvalue weighted by Crippen LogP contribution is 2.36. The average molecular weight is 474 g/mol. The van der Waals surface area contributed by atoms with E-state index in [4.69, 9.17) is 16.3 Å². The number of para-hydroxylation sites is 1. The van der Waals surface area contributed by atoms with Gasteiger partial charge in [0.1, 0.15) is 11.6 Å². The first-order chi connectivity index (χ1) is 16.5. The Bertz CT molecular complexity index is 1620. The molecule has 0 bridgehead atoms. The van der Waals surface area contributed by atoms with Crippen LogP contribution in [0.1, 0.15) is 0 Å². The fraction of sp³-hybridized carbons (Fsp3) is 0.0417. The Morgan fingerprint density at radius 1 is 1.03 bits per heavy atom. The molecule has 168 valence electrons. The molecule has 2 heterocycles. The monoisotopic (exact) mass is 473 g/mol. The number of carbonyl (C=O) groups is 1. The number of halogens is 1. The van der Waals surface area contributed by atoms with Gasteiger partial charge in [0, 0.05) is 16.0 Å². The summed E-state index contributed by atoms with van der Waals surface area (Å²) in [6.45, 7) is -0.349. The van der Waals surface area contributed by atoms with E-state index in [2.05, 4.69) is 25.2 Å². The lowest BCUT2D eigenvalue weighted by Crippen LogP contribution is -2.09. The van der Waals surface area contributed by atoms with Gasteiger partial charge < -0.3 is 19.8 Å². The van der Waals surface area contributed by atoms with E-state index >= 15 is 0 Å². The number of aromatic hydroxyl groups is 1. The predicted octanol–water partition coefficient (Wildman–Crippen LogP) is 5.12. The summed E-state index contributed by atoms with van der Waals surface area (Å²) < 4.78 is 5.47. The lowest BCUT2D eigenvalue weighted by molar-refractivity contribution is -0.120. The van der Waals surface area contributed by atoms with E-state index in [0.29, 0.717) is 44.0 Å². The second-order valence-corrected chi connectivity index (χ2v) is 7.79. The van der Waals surface area contributed by atoms with Crippen LogP contribution >= 0.6 is 11.6 Å². The number of carbonyl (C=O) groups excluding carboxylic acids is 1. The standard InChI is InChI=1S/C24H16ClN5O4/c25-14-7-10-19-17(11-14)21(24(33)27-19)30-29-20(31)12-34-15-8-5-13(6-9-15)22-26-18-4-2-1-3-16(18)23(32)28-22/h1-11,27,33H,12H2,(H,26,28,32). The summed E-state index contributed by atoms with van der Waals surface area (Å²) in [6.07, 6.45) is 0. The molecule has 0 unspecified atom stereocenters. The summed E-state index contributed by atoms with van der Waals surface area (Å²) in [6, 6.07) is 18.8. The number of nitrogens with zero attached hydrogens (tertiary/aromatic N) is 3. The van der Waals surface area contributed by atoms with Gasteiger partial charge in [-0.2, -0.15) is 0 Å². The van der Waals surface area contributed by atoms with Crippen molar-refractivity contribution in [2.45, 2.75) is 0 Å². The van der Waals surface area contributed by atoms with Crippen molar-refractivity contribution in [3.05, 3.63) is 82.1 Å². The smallest absolute Gasteiger partial charge is 0.302 e. The number of hydrogen-bond acceptors (Lipinski definition) is 6. The van der Waals surface area contributed by atoms with E-state index < -0.39 is 5.91 Å². The van der Waals surface area contributed by atoms with Crippen LogP contribution in [0.2, 0.25) is 5.02 Å². The molecule has 1 amide bonds. The Kier molecular flexibility index (Phi) is 5.52. The Morgan fingerprint density at radius 3 is 2.65 bits per heavy atom. The summed E-state index contributed by atoms with van der Waals surface area (Å²) in [4.78, 5) is 34.4. The number of azo groups is 1. The third-order valence-corrected chi connectivity index (χ3v) is 5.31. The first kappa shape index (κ1) is 21.4. The number of fused-ring (bicyclic) bond motifs is 2. The van der Waals surface area contributed by atoms with Crippen molar-refractivity contribution in [1.29, 1.82) is 0 Å². The van der Waals surface area contributed by atoms with Gasteiger partial charge in [0.2, 0.25) is 5.88 Å². The highest BCUT2D eigenvalue weighted by atomic mass is 35.5. The van der Waals surface area contributed by atoms with Crippen LogP contribution in [0.15, 0.2) is 81.8 Å². The van der Waals surface area contributed by atoms with Crippen LogP contribution in [0.3, 0.4) is 0 Å². The molecule has 10 heteroatoms. The molecule has 2 aromatic heterocycles. The minimum Gasteiger partial charge on any atom is -0.493 e. The summed E-state index contributed by atoms with van der Waals surface area (Å²) in [5, 5.41) is 19.0. The number of nitrogens with one attached hydrogen (secondary N) is 2. The van der Waals surface area contributed by atoms with E-state index in [9.17, 15) is 14.7 Å². The molecule has 0 atom stereocenters. The quantitative estimate of drug-likeness (QED) is 0.305. The number of aromatic amines is 2. The third-order valence-electron chi connectivity index (χ3n) is 5.08. The van der Waals surface area contributed by atoms with Gasteiger partial charge in [-0.05, 0) is 54.6 Å². The molecule has 0 saturated heterocycles. The zero-order chi connectivity index (χ0) is 23.7. The number of benzene rings is 3. The van der Waals surface area contributed by atoms with Crippen LogP contribution in [-0.2, 0) is 4.79 Å². The molecule has 0 aliphatic carbocycles. The molecule has 3 aromatic carbocycles. The third kappa shape index (κ3) is 4.24. The number of H-pyrrole nitrogens is 2. The van der Waals surface area contributed by atoms with E-state index in [0.717, 1.165) is 0 Å². The fourth-order valence-corrected chi connectivity index (χ4v) is 3.62. The number of amides is 1. The summed E-state index contributed by atoms with van der Waals surface area (Å²) >= 11 is 5.99. The van der Waals surface area contributed by atoms with Crippen molar-refractivity contribution in [3.8, 4) is 23.0 Å². The van der Waals surface area contributed by atoms with Crippen LogP contribution in [0.4, 0.5) is 5.69 Å². The number of ether oxygens (including phenoxy) is 1. The van der Waals surface area contributed by atoms with Gasteiger partial charge in [-0.25, -0.2) is 4.98 Å². The topological polar surface area (TPSA) is 133 Å². The fourth-order valence-electron chi connectivity index (χ4n) is 3.45. The zero-order valence-corrected chi connectivity index (χ0v) is 18.2. The first-order valence-corrected chi connectivity index (χ1v) is 10.5. The van der Waals surface area contributed by atoms with Crippen LogP contribution < -0.4 is 10.3 Å². The molecule has 5 aromatic rings. The molecular formula is C24H16ClN5O4. The van der Waals surface area contributed by atoms with Crippen LogP contribution in [0, 0.1) is 0 Å². The van der Waals surface area contributed by atoms with Crippen LogP contribution in [0.5, 0.6) is 11.6 Å². The predicted molar refractivity (Wildman–Crippen MR) is 128 cm³/mol. The van der Waals surface area contributed by atoms with Crippen molar-refractivity contribution >= 4 is 45.0 Å². The van der Waals surface area contributed by atoms with Crippen molar-refractivity contribution in [2.24, 2.45) is 10.2 Å². The maximum atomic E-state index is 12.3. The summed E-state index contributed by atoms with van der Waals surface area (Å²) in [5.74, 6) is 0.00183. The maximum Gasteiger partial charge on any atom is 0.302 e. The molecule has 5 rings (SSSR count). The second-order valence-electron chi connectivity index (χ2n) is 7.35. The maximum absolute atomic E-state index is 12.3. The van der Waals surface area contributed by atoms with E-state index in [1.54, 1.807) is 60.7 Å². The second kappa shape index (κ2) is 8.80. The van der Waals surface area contributed by atoms with E-state index in [-0.39, 0.29) is 23.7 Å². The lowest BCUT2D eigenvalue weighted by atomic mass is 10.2. The molecule has 0 radical (unpaired) electrons. The largest absolute Gasteiger partial charge is 0.493 e. The highest BCUT2D eigenvalue weighted by molar-refractivity contribution is 6.31. The van der Waals surface area contributed by atoms with Crippen LogP contribution in [-0.4, -0.2) is 32.6 Å². The SMILES string of the molecule is O=C(COc1ccc(-c2nc3ccccc3c(=O)[nH]2)cc1)N=Nc1c(O)[nH]c2ccc(Cl)cc12. The molecular weight excluding hydrogens is 458 g/mol. The number of aromatic nitrogens is 3. The molecule has 0 saturated carbocycles. The number of rotatable bonds is 5. The molecule has 3 N–H and O–H groups in total. The van der Waals surface area contributed by atoms with Gasteiger partial charge in [-0.15, -0.1) is 10.2 Å². The van der Waals surface area contributed by atoms with Gasteiger partial charge in [-0.1, -0.05) is 23.7 Å². The average Bonchev–Trinajstić information content (AvgIpc) is 3.15. The van der Waals surface area contributed by atoms with E-state index in [1.165, 1.54) is 0 Å². The highest BCUT2D eigenvalue weighted by Gasteiger charge is 2.12. The number of hydrogen-bond donors (Lipinski definition) is 3. The molecule has 9 nitrogen and oxygen atoms in total. The summed E-state index contributed by atoms with van der Waals surface area (Å²) in [7, 11) is 0. The first-order valence-electron chi connectivity index (χ1n) is 10.1. The summed E-state index contributed by atoms with van der Waals surface area (Å²) in [5.41, 5.74) is 1.80. The van der Waals surface area contributed by atoms with Crippen molar-refractivity contribution < 1.29 is 14.6 Å². The molecule has 0 aliphatic rings. The van der Waals surface area contributed by atoms with Gasteiger partial charge in [0.05, 0.1) is 16.4 Å². The zero-order valence-electron chi connectivity index (χ0n) is 17.4. The normalized spacial score (nSPS) is 11.4. The van der Waals surface area contributed by atoms with Gasteiger partial charge in [0.25, 0.3) is 5.56 Å². The minimum atomic E-state index is -0.639. The van der Waals surface area contributed by atoms with E-state index in [1.807, 2.05) is 6.07 Å². The molecule has 0 aliphatic heterocycles. The Balaban J connectivity index is 1.26. The minimum absolute atomic E-state index is 0.118. The Labute approximate surface area is 196 Å². The van der Waals surface area contributed by atoms with Crippen molar-refractivity contribution in [3.63, 3.8) is 0 Å². The van der Waals surface area contributed by atoms with Crippen LogP contribution in [0.25, 0.3) is 33.2 Å². The molecule has 0 spiro atoms. The van der Waals surface area contributed by atoms with Gasteiger partial charge in [0.15, 0.2) is 12.3 Å². The molecule has 0 fully saturated rings. The van der Waals surface area contributed by atoms with Gasteiger partial charge in [-0.3, -0.25) is 9.59 Å². The van der Waals surface area contributed by atoms with Gasteiger partial charge >= 0.3 is 5.91 Å².